The number of carbonyl (C=O) groups is 1. The number of sulfone groups is 1. The van der Waals surface area contributed by atoms with Gasteiger partial charge in [-0.15, -0.1) is 0 Å². The molecule has 1 N–H and O–H groups in total. The van der Waals surface area contributed by atoms with Crippen molar-refractivity contribution in [2.24, 2.45) is 0 Å². The van der Waals surface area contributed by atoms with Crippen LogP contribution in [0, 0.1) is 0 Å². The highest BCUT2D eigenvalue weighted by Gasteiger charge is 2.23. The Morgan fingerprint density at radius 1 is 1.19 bits per heavy atom. The van der Waals surface area contributed by atoms with Gasteiger partial charge in [0.2, 0.25) is 0 Å². The summed E-state index contributed by atoms with van der Waals surface area (Å²) >= 11 is 0. The van der Waals surface area contributed by atoms with Crippen molar-refractivity contribution >= 4 is 21.4 Å². The molecule has 1 aromatic carbocycles. The van der Waals surface area contributed by atoms with E-state index in [1.54, 1.807) is 42.6 Å². The molecule has 21 heavy (non-hydrogen) atoms. The van der Waals surface area contributed by atoms with Gasteiger partial charge < -0.3 is 5.32 Å². The number of amides is 1. The second-order valence-corrected chi connectivity index (χ2v) is 6.99. The van der Waals surface area contributed by atoms with Crippen LogP contribution in [0.1, 0.15) is 22.5 Å². The van der Waals surface area contributed by atoms with Gasteiger partial charge in [-0.05, 0) is 48.7 Å². The molecule has 2 heterocycles. The van der Waals surface area contributed by atoms with E-state index in [2.05, 4.69) is 10.3 Å². The molecule has 1 aromatic heterocycles. The van der Waals surface area contributed by atoms with Gasteiger partial charge in [0, 0.05) is 11.9 Å². The number of anilines is 1. The zero-order valence-corrected chi connectivity index (χ0v) is 12.1. The van der Waals surface area contributed by atoms with Crippen molar-refractivity contribution in [3.8, 4) is 0 Å². The molecule has 0 bridgehead atoms. The van der Waals surface area contributed by atoms with Crippen LogP contribution >= 0.6 is 0 Å². The van der Waals surface area contributed by atoms with Gasteiger partial charge in [-0.2, -0.15) is 0 Å². The third-order valence-corrected chi connectivity index (χ3v) is 5.30. The number of fused-ring (bicyclic) bond motifs is 1. The Morgan fingerprint density at radius 2 is 2.05 bits per heavy atom. The third kappa shape index (κ3) is 2.80. The molecule has 0 saturated carbocycles. The molecular weight excluding hydrogens is 288 g/mol. The van der Waals surface area contributed by atoms with E-state index < -0.39 is 9.84 Å². The third-order valence-electron chi connectivity index (χ3n) is 3.41. The monoisotopic (exact) mass is 302 g/mol. The van der Waals surface area contributed by atoms with Crippen LogP contribution in [0.3, 0.4) is 0 Å². The van der Waals surface area contributed by atoms with Crippen molar-refractivity contribution in [2.75, 3.05) is 11.1 Å². The van der Waals surface area contributed by atoms with E-state index in [1.807, 2.05) is 0 Å². The highest BCUT2D eigenvalue weighted by atomic mass is 32.2. The number of benzene rings is 1. The number of hydrogen-bond donors (Lipinski definition) is 1. The maximum atomic E-state index is 12.0. The standard InChI is InChI=1S/C15H14N2O3S/c18-15(13-5-1-2-8-16-13)17-12-6-7-14-11(10-12)4-3-9-21(14,19)20/h1-2,5-8,10H,3-4,9H2,(H,17,18). The molecular formula is C15H14N2O3S. The molecule has 6 heteroatoms. The van der Waals surface area contributed by atoms with Crippen molar-refractivity contribution in [1.29, 1.82) is 0 Å². The highest BCUT2D eigenvalue weighted by Crippen LogP contribution is 2.27. The first-order valence-corrected chi connectivity index (χ1v) is 8.29. The normalized spacial score (nSPS) is 16.0. The number of aromatic nitrogens is 1. The first-order valence-electron chi connectivity index (χ1n) is 6.64. The van der Waals surface area contributed by atoms with Crippen LogP contribution < -0.4 is 5.32 Å². The number of carbonyl (C=O) groups excluding carboxylic acids is 1. The maximum Gasteiger partial charge on any atom is 0.274 e. The van der Waals surface area contributed by atoms with Gasteiger partial charge in [-0.1, -0.05) is 6.07 Å². The van der Waals surface area contributed by atoms with Gasteiger partial charge >= 0.3 is 0 Å². The van der Waals surface area contributed by atoms with E-state index in [9.17, 15) is 13.2 Å². The molecule has 108 valence electrons. The first kappa shape index (κ1) is 13.8. The molecule has 0 saturated heterocycles. The zero-order valence-electron chi connectivity index (χ0n) is 11.2. The molecule has 1 aliphatic rings. The van der Waals surface area contributed by atoms with Gasteiger partial charge in [0.05, 0.1) is 10.6 Å². The molecule has 0 aliphatic carbocycles. The molecule has 0 spiro atoms. The fourth-order valence-corrected chi connectivity index (χ4v) is 3.99. The quantitative estimate of drug-likeness (QED) is 0.921. The smallest absolute Gasteiger partial charge is 0.274 e. The lowest BCUT2D eigenvalue weighted by molar-refractivity contribution is 0.102. The highest BCUT2D eigenvalue weighted by molar-refractivity contribution is 7.91. The van der Waals surface area contributed by atoms with E-state index in [4.69, 9.17) is 0 Å². The Morgan fingerprint density at radius 3 is 2.81 bits per heavy atom. The van der Waals surface area contributed by atoms with E-state index in [0.29, 0.717) is 29.1 Å². The van der Waals surface area contributed by atoms with Crippen LogP contribution in [-0.4, -0.2) is 25.1 Å². The molecule has 1 aliphatic heterocycles. The number of hydrogen-bond acceptors (Lipinski definition) is 4. The number of nitrogens with one attached hydrogen (secondary N) is 1. The molecule has 5 nitrogen and oxygen atoms in total. The van der Waals surface area contributed by atoms with Crippen LogP contribution in [0.2, 0.25) is 0 Å². The van der Waals surface area contributed by atoms with E-state index in [-0.39, 0.29) is 11.7 Å². The number of rotatable bonds is 2. The Balaban J connectivity index is 1.87. The summed E-state index contributed by atoms with van der Waals surface area (Å²) in [6, 6.07) is 10.0. The minimum absolute atomic E-state index is 0.194. The maximum absolute atomic E-state index is 12.0. The van der Waals surface area contributed by atoms with Crippen molar-refractivity contribution in [1.82, 2.24) is 4.98 Å². The Kier molecular flexibility index (Phi) is 3.47. The summed E-state index contributed by atoms with van der Waals surface area (Å²) < 4.78 is 23.9. The Labute approximate surface area is 122 Å². The summed E-state index contributed by atoms with van der Waals surface area (Å²) in [7, 11) is -3.16. The average Bonchev–Trinajstić information content (AvgIpc) is 2.47. The Bertz CT molecular complexity index is 786. The molecule has 0 unspecified atom stereocenters. The molecule has 2 aromatic rings. The molecule has 1 amide bonds. The molecule has 0 radical (unpaired) electrons. The second-order valence-electron chi connectivity index (χ2n) is 4.91. The number of nitrogens with zero attached hydrogens (tertiary/aromatic N) is 1. The lowest BCUT2D eigenvalue weighted by Gasteiger charge is -2.17. The van der Waals surface area contributed by atoms with Gasteiger partial charge in [0.1, 0.15) is 5.69 Å². The predicted molar refractivity (Wildman–Crippen MR) is 79.0 cm³/mol. The number of aryl methyl sites for hydroxylation is 1. The van der Waals surface area contributed by atoms with Gasteiger partial charge in [-0.3, -0.25) is 9.78 Å². The van der Waals surface area contributed by atoms with E-state index in [0.717, 1.165) is 5.56 Å². The zero-order chi connectivity index (χ0) is 14.9. The van der Waals surface area contributed by atoms with Crippen LogP contribution in [0.5, 0.6) is 0 Å². The van der Waals surface area contributed by atoms with E-state index in [1.165, 1.54) is 0 Å². The number of pyridine rings is 1. The average molecular weight is 302 g/mol. The van der Waals surface area contributed by atoms with Crippen molar-refractivity contribution in [3.63, 3.8) is 0 Å². The summed E-state index contributed by atoms with van der Waals surface area (Å²) in [5.41, 5.74) is 1.67. The largest absolute Gasteiger partial charge is 0.321 e. The van der Waals surface area contributed by atoms with Gasteiger partial charge in [-0.25, -0.2) is 8.42 Å². The lowest BCUT2D eigenvalue weighted by atomic mass is 10.1. The minimum Gasteiger partial charge on any atom is -0.321 e. The van der Waals surface area contributed by atoms with Crippen LogP contribution in [0.15, 0.2) is 47.5 Å². The topological polar surface area (TPSA) is 76.1 Å². The van der Waals surface area contributed by atoms with Crippen molar-refractivity contribution < 1.29 is 13.2 Å². The fourth-order valence-electron chi connectivity index (χ4n) is 2.41. The van der Waals surface area contributed by atoms with E-state index >= 15 is 0 Å². The predicted octanol–water partition coefficient (Wildman–Crippen LogP) is 2.05. The Hall–Kier alpha value is -2.21. The fraction of sp³-hybridized carbons (Fsp3) is 0.200. The van der Waals surface area contributed by atoms with Gasteiger partial charge in [0.25, 0.3) is 5.91 Å². The molecule has 0 fully saturated rings. The van der Waals surface area contributed by atoms with Crippen molar-refractivity contribution in [2.45, 2.75) is 17.7 Å². The lowest BCUT2D eigenvalue weighted by Crippen LogP contribution is -2.17. The summed E-state index contributed by atoms with van der Waals surface area (Å²) in [6.07, 6.45) is 2.88. The first-order chi connectivity index (χ1) is 10.1. The second kappa shape index (κ2) is 5.29. The summed E-state index contributed by atoms with van der Waals surface area (Å²) in [5, 5.41) is 2.74. The SMILES string of the molecule is O=C(Nc1ccc2c(c1)CCCS2(=O)=O)c1ccccn1. The van der Waals surface area contributed by atoms with Crippen molar-refractivity contribution in [3.05, 3.63) is 53.9 Å². The summed E-state index contributed by atoms with van der Waals surface area (Å²) in [5.74, 6) is -0.117. The molecule has 0 atom stereocenters. The van der Waals surface area contributed by atoms with Crippen LogP contribution in [0.25, 0.3) is 0 Å². The minimum atomic E-state index is -3.16. The van der Waals surface area contributed by atoms with Gasteiger partial charge in [0.15, 0.2) is 9.84 Å². The summed E-state index contributed by atoms with van der Waals surface area (Å²) in [4.78, 5) is 16.4. The van der Waals surface area contributed by atoms with Crippen LogP contribution in [-0.2, 0) is 16.3 Å². The molecule has 3 rings (SSSR count). The summed E-state index contributed by atoms with van der Waals surface area (Å²) in [6.45, 7) is 0. The van der Waals surface area contributed by atoms with Crippen LogP contribution in [0.4, 0.5) is 5.69 Å².